The Morgan fingerprint density at radius 3 is 2.78 bits per heavy atom. The Morgan fingerprint density at radius 1 is 1.00 bits per heavy atom. The standard InChI is InChI=1S/C21H27NO/c1-2-8-16(9-3-1)20-17-10-4-5-12-19(17)22-14-15-23-21(22)13-7-6-11-18(20)21/h1-3,8-9,18,20H,4-7,10-15H2/t18-,20-,21-/m1/s1. The van der Waals surface area contributed by atoms with E-state index < -0.39 is 0 Å². The first kappa shape index (κ1) is 14.1. The fourth-order valence-corrected chi connectivity index (χ4v) is 5.93. The largest absolute Gasteiger partial charge is 0.353 e. The number of benzene rings is 1. The Morgan fingerprint density at radius 2 is 1.87 bits per heavy atom. The van der Waals surface area contributed by atoms with E-state index in [1.54, 1.807) is 11.3 Å². The molecule has 1 saturated carbocycles. The molecule has 0 bridgehead atoms. The monoisotopic (exact) mass is 309 g/mol. The van der Waals surface area contributed by atoms with E-state index in [1.807, 2.05) is 0 Å². The molecule has 0 amide bonds. The van der Waals surface area contributed by atoms with Crippen molar-refractivity contribution in [2.45, 2.75) is 63.0 Å². The molecule has 2 heterocycles. The molecule has 0 aromatic heterocycles. The van der Waals surface area contributed by atoms with Crippen molar-refractivity contribution in [2.75, 3.05) is 13.2 Å². The number of rotatable bonds is 1. The quantitative estimate of drug-likeness (QED) is 0.736. The van der Waals surface area contributed by atoms with Crippen LogP contribution in [0.5, 0.6) is 0 Å². The Bertz CT molecular complexity index is 622. The van der Waals surface area contributed by atoms with Gasteiger partial charge in [0.25, 0.3) is 0 Å². The molecule has 23 heavy (non-hydrogen) atoms. The molecular weight excluding hydrogens is 282 g/mol. The first-order valence-corrected chi connectivity index (χ1v) is 9.59. The van der Waals surface area contributed by atoms with Gasteiger partial charge in [0.1, 0.15) is 5.72 Å². The van der Waals surface area contributed by atoms with Gasteiger partial charge in [0.15, 0.2) is 0 Å². The molecule has 0 unspecified atom stereocenters. The number of hydrogen-bond acceptors (Lipinski definition) is 2. The first-order chi connectivity index (χ1) is 11.4. The molecule has 2 aliphatic carbocycles. The predicted octanol–water partition coefficient (Wildman–Crippen LogP) is 4.83. The molecule has 1 aromatic carbocycles. The van der Waals surface area contributed by atoms with E-state index in [0.717, 1.165) is 13.2 Å². The molecule has 4 aliphatic rings. The summed E-state index contributed by atoms with van der Waals surface area (Å²) in [6.07, 6.45) is 10.6. The fraction of sp³-hybridized carbons (Fsp3) is 0.619. The second-order valence-corrected chi connectivity index (χ2v) is 7.76. The summed E-state index contributed by atoms with van der Waals surface area (Å²) >= 11 is 0. The van der Waals surface area contributed by atoms with Crippen molar-refractivity contribution in [1.29, 1.82) is 0 Å². The molecule has 0 N–H and O–H groups in total. The average molecular weight is 309 g/mol. The highest BCUT2D eigenvalue weighted by Crippen LogP contribution is 2.58. The topological polar surface area (TPSA) is 12.5 Å². The lowest BCUT2D eigenvalue weighted by Gasteiger charge is -2.56. The number of ether oxygens (including phenoxy) is 1. The van der Waals surface area contributed by atoms with Gasteiger partial charge in [-0.1, -0.05) is 36.8 Å². The van der Waals surface area contributed by atoms with Crippen LogP contribution in [0.4, 0.5) is 0 Å². The molecule has 3 atom stereocenters. The zero-order valence-corrected chi connectivity index (χ0v) is 14.0. The molecule has 122 valence electrons. The number of allylic oxidation sites excluding steroid dienone is 2. The maximum absolute atomic E-state index is 6.54. The van der Waals surface area contributed by atoms with Crippen molar-refractivity contribution >= 4 is 0 Å². The lowest BCUT2D eigenvalue weighted by molar-refractivity contribution is -0.150. The Balaban J connectivity index is 1.69. The summed E-state index contributed by atoms with van der Waals surface area (Å²) in [7, 11) is 0. The number of hydrogen-bond donors (Lipinski definition) is 0. The number of fused-ring (bicyclic) bond motifs is 1. The summed E-state index contributed by atoms with van der Waals surface area (Å²) in [5, 5.41) is 0. The summed E-state index contributed by atoms with van der Waals surface area (Å²) in [5.41, 5.74) is 4.98. The van der Waals surface area contributed by atoms with Crippen LogP contribution in [-0.2, 0) is 4.74 Å². The van der Waals surface area contributed by atoms with Crippen molar-refractivity contribution in [2.24, 2.45) is 5.92 Å². The van der Waals surface area contributed by atoms with Crippen molar-refractivity contribution in [1.82, 2.24) is 4.90 Å². The SMILES string of the molecule is c1ccc([C@@H]2C3=C(CCCC3)N3CCO[C@@]34CCCC[C@H]24)cc1. The molecule has 0 radical (unpaired) electrons. The van der Waals surface area contributed by atoms with Gasteiger partial charge in [-0.2, -0.15) is 0 Å². The summed E-state index contributed by atoms with van der Waals surface area (Å²) in [6.45, 7) is 2.05. The van der Waals surface area contributed by atoms with Crippen LogP contribution < -0.4 is 0 Å². The van der Waals surface area contributed by atoms with E-state index in [0.29, 0.717) is 11.8 Å². The normalized spacial score (nSPS) is 36.4. The minimum atomic E-state index is 0.0227. The van der Waals surface area contributed by atoms with Gasteiger partial charge in [-0.3, -0.25) is 0 Å². The van der Waals surface area contributed by atoms with Gasteiger partial charge < -0.3 is 9.64 Å². The Kier molecular flexibility index (Phi) is 3.29. The van der Waals surface area contributed by atoms with Gasteiger partial charge in [0, 0.05) is 24.1 Å². The Labute approximate surface area is 139 Å². The van der Waals surface area contributed by atoms with Crippen LogP contribution in [0.15, 0.2) is 41.6 Å². The molecule has 1 saturated heterocycles. The highest BCUT2D eigenvalue weighted by atomic mass is 16.5. The fourth-order valence-electron chi connectivity index (χ4n) is 5.93. The van der Waals surface area contributed by atoms with Crippen LogP contribution in [-0.4, -0.2) is 23.8 Å². The third kappa shape index (κ3) is 1.97. The lowest BCUT2D eigenvalue weighted by Crippen LogP contribution is -2.57. The van der Waals surface area contributed by atoms with Gasteiger partial charge in [0.2, 0.25) is 0 Å². The molecule has 2 nitrogen and oxygen atoms in total. The maximum Gasteiger partial charge on any atom is 0.144 e. The van der Waals surface area contributed by atoms with Gasteiger partial charge in [0.05, 0.1) is 6.61 Å². The van der Waals surface area contributed by atoms with Crippen LogP contribution in [0.3, 0.4) is 0 Å². The molecule has 5 rings (SSSR count). The Hall–Kier alpha value is -1.28. The van der Waals surface area contributed by atoms with E-state index in [2.05, 4.69) is 35.2 Å². The van der Waals surface area contributed by atoms with Crippen molar-refractivity contribution in [3.8, 4) is 0 Å². The molecule has 1 aromatic rings. The second-order valence-electron chi connectivity index (χ2n) is 7.76. The van der Waals surface area contributed by atoms with Gasteiger partial charge >= 0.3 is 0 Å². The van der Waals surface area contributed by atoms with Gasteiger partial charge in [-0.15, -0.1) is 0 Å². The molecule has 2 aliphatic heterocycles. The zero-order chi connectivity index (χ0) is 15.3. The molecule has 1 spiro atoms. The number of nitrogens with zero attached hydrogens (tertiary/aromatic N) is 1. The van der Waals surface area contributed by atoms with Gasteiger partial charge in [-0.05, 0) is 56.1 Å². The van der Waals surface area contributed by atoms with E-state index >= 15 is 0 Å². The third-order valence-corrected chi connectivity index (χ3v) is 6.75. The second kappa shape index (κ2) is 5.37. The van der Waals surface area contributed by atoms with E-state index in [1.165, 1.54) is 56.9 Å². The van der Waals surface area contributed by atoms with Crippen LogP contribution in [0.25, 0.3) is 0 Å². The minimum Gasteiger partial charge on any atom is -0.353 e. The summed E-state index contributed by atoms with van der Waals surface area (Å²) < 4.78 is 6.54. The van der Waals surface area contributed by atoms with Crippen LogP contribution >= 0.6 is 0 Å². The first-order valence-electron chi connectivity index (χ1n) is 9.59. The molecular formula is C21H27NO. The summed E-state index contributed by atoms with van der Waals surface area (Å²) in [6, 6.07) is 11.3. The van der Waals surface area contributed by atoms with E-state index in [9.17, 15) is 0 Å². The summed E-state index contributed by atoms with van der Waals surface area (Å²) in [4.78, 5) is 2.73. The van der Waals surface area contributed by atoms with E-state index in [-0.39, 0.29) is 5.72 Å². The average Bonchev–Trinajstić information content (AvgIpc) is 3.04. The predicted molar refractivity (Wildman–Crippen MR) is 92.0 cm³/mol. The van der Waals surface area contributed by atoms with Gasteiger partial charge in [-0.25, -0.2) is 0 Å². The van der Waals surface area contributed by atoms with Crippen LogP contribution in [0.2, 0.25) is 0 Å². The lowest BCUT2D eigenvalue weighted by atomic mass is 9.63. The highest BCUT2D eigenvalue weighted by Gasteiger charge is 2.57. The van der Waals surface area contributed by atoms with E-state index in [4.69, 9.17) is 4.74 Å². The van der Waals surface area contributed by atoms with Crippen LogP contribution in [0, 0.1) is 5.92 Å². The maximum atomic E-state index is 6.54. The van der Waals surface area contributed by atoms with Crippen molar-refractivity contribution < 1.29 is 4.74 Å². The molecule has 2 heteroatoms. The third-order valence-electron chi connectivity index (χ3n) is 6.75. The molecule has 2 fully saturated rings. The van der Waals surface area contributed by atoms with Crippen LogP contribution in [0.1, 0.15) is 62.8 Å². The summed E-state index contributed by atoms with van der Waals surface area (Å²) in [5.74, 6) is 1.25. The minimum absolute atomic E-state index is 0.0227. The zero-order valence-electron chi connectivity index (χ0n) is 14.0. The highest BCUT2D eigenvalue weighted by molar-refractivity contribution is 5.39. The smallest absolute Gasteiger partial charge is 0.144 e. The van der Waals surface area contributed by atoms with Crippen molar-refractivity contribution in [3.63, 3.8) is 0 Å². The van der Waals surface area contributed by atoms with Crippen molar-refractivity contribution in [3.05, 3.63) is 47.2 Å².